The Kier molecular flexibility index (Phi) is 6.48. The van der Waals surface area contributed by atoms with Crippen LogP contribution in [0, 0.1) is 0 Å². The molecule has 4 N–H and O–H groups in total. The molecule has 2 atom stereocenters. The number of hydrogen-bond acceptors (Lipinski definition) is 4. The molecule has 0 heterocycles. The minimum absolute atomic E-state index is 0.101. The highest BCUT2D eigenvalue weighted by atomic mass is 16.4. The molecule has 0 fully saturated rings. The third kappa shape index (κ3) is 7.70. The summed E-state index contributed by atoms with van der Waals surface area (Å²) in [5.74, 6) is -1.05. The van der Waals surface area contributed by atoms with Crippen molar-refractivity contribution in [1.82, 2.24) is 0 Å². The number of carboxylic acid groups (broad SMARTS) is 1. The van der Waals surface area contributed by atoms with E-state index in [0.717, 1.165) is 0 Å². The zero-order valence-corrected chi connectivity index (χ0v) is 7.39. The van der Waals surface area contributed by atoms with Crippen LogP contribution in [0.2, 0.25) is 0 Å². The summed E-state index contributed by atoms with van der Waals surface area (Å²) in [5.41, 5.74) is 0. The zero-order chi connectivity index (χ0) is 10.3. The van der Waals surface area contributed by atoms with Crippen LogP contribution in [0.25, 0.3) is 0 Å². The van der Waals surface area contributed by atoms with E-state index in [1.165, 1.54) is 0 Å². The lowest BCUT2D eigenvalue weighted by molar-refractivity contribution is -0.139. The van der Waals surface area contributed by atoms with Gasteiger partial charge in [0.1, 0.15) is 0 Å². The highest BCUT2D eigenvalue weighted by Crippen LogP contribution is 2.07. The van der Waals surface area contributed by atoms with Gasteiger partial charge in [-0.05, 0) is 19.3 Å². The lowest BCUT2D eigenvalue weighted by atomic mass is 10.1. The maximum Gasteiger partial charge on any atom is 0.305 e. The summed E-state index contributed by atoms with van der Waals surface area (Å²) in [7, 11) is 0. The zero-order valence-electron chi connectivity index (χ0n) is 7.39. The van der Waals surface area contributed by atoms with Crippen molar-refractivity contribution in [1.29, 1.82) is 0 Å². The summed E-state index contributed by atoms with van der Waals surface area (Å²) in [6, 6.07) is 0. The molecule has 0 aliphatic heterocycles. The van der Waals surface area contributed by atoms with Gasteiger partial charge in [0.25, 0.3) is 0 Å². The van der Waals surface area contributed by atoms with Gasteiger partial charge in [0.05, 0.1) is 18.6 Å². The summed E-state index contributed by atoms with van der Waals surface area (Å²) in [4.78, 5) is 10.1. The molecule has 0 amide bonds. The van der Waals surface area contributed by atoms with E-state index in [0.29, 0.717) is 6.42 Å². The number of hydrogen-bond donors (Lipinski definition) is 4. The minimum atomic E-state index is -1.05. The van der Waals surface area contributed by atoms with Crippen LogP contribution in [0.15, 0.2) is 0 Å². The summed E-state index contributed by atoms with van der Waals surface area (Å²) in [6.45, 7) is -0.101. The van der Waals surface area contributed by atoms with Crippen molar-refractivity contribution >= 4 is 5.97 Å². The number of aliphatic hydroxyl groups is 3. The number of rotatable bonds is 7. The summed E-state index contributed by atoms with van der Waals surface area (Å²) >= 11 is 0. The van der Waals surface area contributed by atoms with Crippen LogP contribution < -0.4 is 0 Å². The SMILES string of the molecule is O=C(O)CC(O)CCC(O)CCO. The van der Waals surface area contributed by atoms with Gasteiger partial charge in [-0.25, -0.2) is 0 Å². The second-order valence-corrected chi connectivity index (χ2v) is 3.00. The molecular formula is C8H16O5. The van der Waals surface area contributed by atoms with Gasteiger partial charge in [0.2, 0.25) is 0 Å². The fraction of sp³-hybridized carbons (Fsp3) is 0.875. The van der Waals surface area contributed by atoms with Crippen LogP contribution in [0.1, 0.15) is 25.7 Å². The summed E-state index contributed by atoms with van der Waals surface area (Å²) in [5, 5.41) is 34.9. The second kappa shape index (κ2) is 6.82. The topological polar surface area (TPSA) is 98.0 Å². The molecule has 0 bridgehead atoms. The molecule has 78 valence electrons. The molecule has 0 spiro atoms. The molecule has 0 aromatic carbocycles. The Hall–Kier alpha value is -0.650. The summed E-state index contributed by atoms with van der Waals surface area (Å²) in [6.07, 6.45) is -1.05. The van der Waals surface area contributed by atoms with Gasteiger partial charge >= 0.3 is 5.97 Å². The predicted molar refractivity (Wildman–Crippen MR) is 45.2 cm³/mol. The second-order valence-electron chi connectivity index (χ2n) is 3.00. The lowest BCUT2D eigenvalue weighted by Crippen LogP contribution is -2.17. The Morgan fingerprint density at radius 3 is 2.08 bits per heavy atom. The van der Waals surface area contributed by atoms with Crippen molar-refractivity contribution < 1.29 is 25.2 Å². The van der Waals surface area contributed by atoms with Crippen molar-refractivity contribution in [2.45, 2.75) is 37.9 Å². The van der Waals surface area contributed by atoms with Gasteiger partial charge in [0, 0.05) is 6.61 Å². The Balaban J connectivity index is 3.45. The molecule has 13 heavy (non-hydrogen) atoms. The maximum absolute atomic E-state index is 10.1. The van der Waals surface area contributed by atoms with E-state index in [1.807, 2.05) is 0 Å². The van der Waals surface area contributed by atoms with Gasteiger partial charge in [-0.15, -0.1) is 0 Å². The van der Waals surface area contributed by atoms with Gasteiger partial charge < -0.3 is 20.4 Å². The Morgan fingerprint density at radius 2 is 1.62 bits per heavy atom. The molecule has 0 aliphatic rings. The highest BCUT2D eigenvalue weighted by Gasteiger charge is 2.11. The fourth-order valence-electron chi connectivity index (χ4n) is 0.982. The molecule has 0 saturated heterocycles. The number of aliphatic hydroxyl groups excluding tert-OH is 3. The number of carbonyl (C=O) groups is 1. The monoisotopic (exact) mass is 192 g/mol. The molecule has 5 heteroatoms. The Morgan fingerprint density at radius 1 is 1.08 bits per heavy atom. The van der Waals surface area contributed by atoms with Gasteiger partial charge in [-0.1, -0.05) is 0 Å². The van der Waals surface area contributed by atoms with E-state index in [9.17, 15) is 4.79 Å². The fourth-order valence-corrected chi connectivity index (χ4v) is 0.982. The van der Waals surface area contributed by atoms with Crippen molar-refractivity contribution in [2.24, 2.45) is 0 Å². The van der Waals surface area contributed by atoms with Crippen LogP contribution in [-0.4, -0.2) is 45.2 Å². The van der Waals surface area contributed by atoms with Crippen molar-refractivity contribution in [3.63, 3.8) is 0 Å². The normalized spacial score (nSPS) is 15.3. The van der Waals surface area contributed by atoms with Crippen LogP contribution in [-0.2, 0) is 4.79 Å². The van der Waals surface area contributed by atoms with Gasteiger partial charge in [-0.3, -0.25) is 4.79 Å². The quantitative estimate of drug-likeness (QED) is 0.429. The number of carboxylic acids is 1. The maximum atomic E-state index is 10.1. The molecule has 5 nitrogen and oxygen atoms in total. The average Bonchev–Trinajstić information content (AvgIpc) is 2.00. The van der Waals surface area contributed by atoms with Gasteiger partial charge in [0.15, 0.2) is 0 Å². The first-order valence-corrected chi connectivity index (χ1v) is 4.25. The van der Waals surface area contributed by atoms with Crippen molar-refractivity contribution in [3.8, 4) is 0 Å². The minimum Gasteiger partial charge on any atom is -0.481 e. The first-order valence-electron chi connectivity index (χ1n) is 4.25. The van der Waals surface area contributed by atoms with Crippen LogP contribution in [0.3, 0.4) is 0 Å². The van der Waals surface area contributed by atoms with Crippen molar-refractivity contribution in [3.05, 3.63) is 0 Å². The molecule has 0 saturated carbocycles. The molecule has 0 aliphatic carbocycles. The van der Waals surface area contributed by atoms with Crippen molar-refractivity contribution in [2.75, 3.05) is 6.61 Å². The Labute approximate surface area is 76.6 Å². The van der Waals surface area contributed by atoms with E-state index in [1.54, 1.807) is 0 Å². The molecular weight excluding hydrogens is 176 g/mol. The van der Waals surface area contributed by atoms with Crippen LogP contribution >= 0.6 is 0 Å². The molecule has 0 aromatic rings. The lowest BCUT2D eigenvalue weighted by Gasteiger charge is -2.11. The Bertz CT molecular complexity index is 147. The van der Waals surface area contributed by atoms with E-state index >= 15 is 0 Å². The summed E-state index contributed by atoms with van der Waals surface area (Å²) < 4.78 is 0. The molecule has 0 radical (unpaired) electrons. The van der Waals surface area contributed by atoms with Crippen LogP contribution in [0.5, 0.6) is 0 Å². The predicted octanol–water partition coefficient (Wildman–Crippen LogP) is -0.655. The van der Waals surface area contributed by atoms with Gasteiger partial charge in [-0.2, -0.15) is 0 Å². The number of aliphatic carboxylic acids is 1. The molecule has 0 aromatic heterocycles. The molecule has 0 rings (SSSR count). The molecule has 2 unspecified atom stereocenters. The van der Waals surface area contributed by atoms with Crippen LogP contribution in [0.4, 0.5) is 0 Å². The standard InChI is InChI=1S/C8H16O5/c9-4-3-6(10)1-2-7(11)5-8(12)13/h6-7,9-11H,1-5H2,(H,12,13). The van der Waals surface area contributed by atoms with E-state index < -0.39 is 18.2 Å². The van der Waals surface area contributed by atoms with E-state index in [2.05, 4.69) is 0 Å². The highest BCUT2D eigenvalue weighted by molar-refractivity contribution is 5.67. The largest absolute Gasteiger partial charge is 0.481 e. The average molecular weight is 192 g/mol. The smallest absolute Gasteiger partial charge is 0.305 e. The third-order valence-electron chi connectivity index (χ3n) is 1.71. The first-order chi connectivity index (χ1) is 6.06. The van der Waals surface area contributed by atoms with E-state index in [4.69, 9.17) is 20.4 Å². The first kappa shape index (κ1) is 12.3. The van der Waals surface area contributed by atoms with E-state index in [-0.39, 0.29) is 25.9 Å². The third-order valence-corrected chi connectivity index (χ3v) is 1.71.